The minimum atomic E-state index is -3.35. The molecule has 0 spiro atoms. The number of nitrogens with zero attached hydrogens (tertiary/aromatic N) is 2. The smallest absolute Gasteiger partial charge is 0.228 e. The van der Waals surface area contributed by atoms with E-state index in [4.69, 9.17) is 5.11 Å². The summed E-state index contributed by atoms with van der Waals surface area (Å²) in [5.74, 6) is 0. The lowest BCUT2D eigenvalue weighted by atomic mass is 10.4. The molecule has 12 heavy (non-hydrogen) atoms. The van der Waals surface area contributed by atoms with E-state index in [1.165, 1.54) is 10.8 Å². The van der Waals surface area contributed by atoms with Crippen molar-refractivity contribution in [3.8, 4) is 0 Å². The molecule has 0 saturated carbocycles. The zero-order valence-electron chi connectivity index (χ0n) is 6.21. The van der Waals surface area contributed by atoms with Crippen molar-refractivity contribution >= 4 is 9.84 Å². The van der Waals surface area contributed by atoms with Gasteiger partial charge in [0.25, 0.3) is 0 Å². The minimum Gasteiger partial charge on any atom is -0.395 e. The minimum absolute atomic E-state index is 0.0709. The van der Waals surface area contributed by atoms with Crippen molar-refractivity contribution in [1.82, 2.24) is 9.55 Å². The Morgan fingerprint density at radius 1 is 1.75 bits per heavy atom. The van der Waals surface area contributed by atoms with Crippen molar-refractivity contribution in [1.29, 1.82) is 0 Å². The molecule has 0 amide bonds. The van der Waals surface area contributed by atoms with Gasteiger partial charge >= 0.3 is 0 Å². The topological polar surface area (TPSA) is 72.2 Å². The maximum absolute atomic E-state index is 11.4. The number of hydrogen-bond donors (Lipinski definition) is 1. The Balaban J connectivity index is 2.57. The standard InChI is InChI=1S/C6H8N2O3S/c9-4-5-3-8-2-1-7-6(8)12(5,10)11/h1-2,5,9H,3-4H2. The highest BCUT2D eigenvalue weighted by Gasteiger charge is 2.37. The van der Waals surface area contributed by atoms with Crippen LogP contribution in [0.4, 0.5) is 0 Å². The molecule has 0 aliphatic carbocycles. The Bertz CT molecular complexity index is 395. The lowest BCUT2D eigenvalue weighted by Gasteiger charge is -2.01. The first kappa shape index (κ1) is 7.75. The van der Waals surface area contributed by atoms with Gasteiger partial charge in [0, 0.05) is 18.9 Å². The number of aliphatic hydroxyl groups excluding tert-OH is 1. The maximum atomic E-state index is 11.4. The summed E-state index contributed by atoms with van der Waals surface area (Å²) in [6.45, 7) is -0.0279. The first-order valence-electron chi connectivity index (χ1n) is 3.52. The van der Waals surface area contributed by atoms with Crippen LogP contribution in [0.25, 0.3) is 0 Å². The van der Waals surface area contributed by atoms with Gasteiger partial charge in [-0.05, 0) is 0 Å². The largest absolute Gasteiger partial charge is 0.395 e. The van der Waals surface area contributed by atoms with Crippen LogP contribution in [0.3, 0.4) is 0 Å². The molecule has 5 nitrogen and oxygen atoms in total. The predicted octanol–water partition coefficient (Wildman–Crippen LogP) is -0.969. The molecule has 1 aliphatic heterocycles. The fourth-order valence-electron chi connectivity index (χ4n) is 1.31. The lowest BCUT2D eigenvalue weighted by Crippen LogP contribution is -2.21. The van der Waals surface area contributed by atoms with Crippen molar-refractivity contribution in [3.05, 3.63) is 12.4 Å². The summed E-state index contributed by atoms with van der Waals surface area (Å²) in [5.41, 5.74) is 0. The SMILES string of the molecule is O=S1(=O)c2nccn2CC1CO. The van der Waals surface area contributed by atoms with Gasteiger partial charge in [0.1, 0.15) is 5.25 Å². The highest BCUT2D eigenvalue weighted by Crippen LogP contribution is 2.22. The summed E-state index contributed by atoms with van der Waals surface area (Å²) < 4.78 is 24.4. The molecule has 0 radical (unpaired) electrons. The Hall–Kier alpha value is -0.880. The molecule has 1 N–H and O–H groups in total. The summed E-state index contributed by atoms with van der Waals surface area (Å²) in [6.07, 6.45) is 3.04. The summed E-state index contributed by atoms with van der Waals surface area (Å²) in [4.78, 5) is 3.71. The molecule has 1 aliphatic rings. The summed E-state index contributed by atoms with van der Waals surface area (Å²) in [5, 5.41) is 8.14. The van der Waals surface area contributed by atoms with Crippen LogP contribution in [0, 0.1) is 0 Å². The van der Waals surface area contributed by atoms with E-state index in [0.29, 0.717) is 6.54 Å². The molecule has 0 aromatic carbocycles. The molecule has 0 fully saturated rings. The third-order valence-corrected chi connectivity index (χ3v) is 4.00. The van der Waals surface area contributed by atoms with E-state index < -0.39 is 15.1 Å². The normalized spacial score (nSPS) is 25.6. The van der Waals surface area contributed by atoms with Gasteiger partial charge in [0.2, 0.25) is 15.0 Å². The van der Waals surface area contributed by atoms with Crippen molar-refractivity contribution in [2.24, 2.45) is 0 Å². The third kappa shape index (κ3) is 0.818. The zero-order chi connectivity index (χ0) is 8.77. The molecule has 0 saturated heterocycles. The van der Waals surface area contributed by atoms with E-state index in [-0.39, 0.29) is 11.8 Å². The number of hydrogen-bond acceptors (Lipinski definition) is 4. The van der Waals surface area contributed by atoms with Crippen LogP contribution in [0.2, 0.25) is 0 Å². The van der Waals surface area contributed by atoms with E-state index in [0.717, 1.165) is 0 Å². The third-order valence-electron chi connectivity index (χ3n) is 1.97. The summed E-state index contributed by atoms with van der Waals surface area (Å²) in [7, 11) is -3.35. The van der Waals surface area contributed by atoms with Crippen molar-refractivity contribution in [2.45, 2.75) is 17.0 Å². The van der Waals surface area contributed by atoms with Gasteiger partial charge < -0.3 is 9.67 Å². The fourth-order valence-corrected chi connectivity index (χ4v) is 2.84. The Kier molecular flexibility index (Phi) is 1.49. The van der Waals surface area contributed by atoms with Gasteiger partial charge in [-0.15, -0.1) is 0 Å². The van der Waals surface area contributed by atoms with Gasteiger partial charge in [0.15, 0.2) is 0 Å². The van der Waals surface area contributed by atoms with Gasteiger partial charge in [-0.25, -0.2) is 13.4 Å². The van der Waals surface area contributed by atoms with Crippen LogP contribution in [0.15, 0.2) is 17.6 Å². The number of aromatic nitrogens is 2. The van der Waals surface area contributed by atoms with E-state index in [9.17, 15) is 8.42 Å². The number of fused-ring (bicyclic) bond motifs is 1. The van der Waals surface area contributed by atoms with Crippen LogP contribution < -0.4 is 0 Å². The first-order chi connectivity index (χ1) is 5.66. The number of sulfone groups is 1. The highest BCUT2D eigenvalue weighted by atomic mass is 32.2. The quantitative estimate of drug-likeness (QED) is 0.615. The zero-order valence-corrected chi connectivity index (χ0v) is 7.03. The molecule has 0 bridgehead atoms. The van der Waals surface area contributed by atoms with Crippen molar-refractivity contribution in [2.75, 3.05) is 6.61 Å². The van der Waals surface area contributed by atoms with Crippen molar-refractivity contribution in [3.63, 3.8) is 0 Å². The first-order valence-corrected chi connectivity index (χ1v) is 5.07. The number of imidazole rings is 1. The monoisotopic (exact) mass is 188 g/mol. The second kappa shape index (κ2) is 2.30. The fraction of sp³-hybridized carbons (Fsp3) is 0.500. The Labute approximate surface area is 69.6 Å². The Morgan fingerprint density at radius 3 is 3.08 bits per heavy atom. The summed E-state index contributed by atoms with van der Waals surface area (Å²) in [6, 6.07) is 0. The predicted molar refractivity (Wildman–Crippen MR) is 40.3 cm³/mol. The van der Waals surface area contributed by atoms with Gasteiger partial charge in [-0.2, -0.15) is 0 Å². The van der Waals surface area contributed by atoms with Crippen LogP contribution in [0.1, 0.15) is 0 Å². The van der Waals surface area contributed by atoms with Gasteiger partial charge in [-0.1, -0.05) is 0 Å². The van der Waals surface area contributed by atoms with Gasteiger partial charge in [0.05, 0.1) is 6.61 Å². The Morgan fingerprint density at radius 2 is 2.50 bits per heavy atom. The molecule has 2 rings (SSSR count). The number of rotatable bonds is 1. The van der Waals surface area contributed by atoms with E-state index >= 15 is 0 Å². The van der Waals surface area contributed by atoms with Crippen LogP contribution >= 0.6 is 0 Å². The van der Waals surface area contributed by atoms with E-state index in [1.54, 1.807) is 6.20 Å². The second-order valence-corrected chi connectivity index (χ2v) is 4.83. The molecular weight excluding hydrogens is 180 g/mol. The highest BCUT2D eigenvalue weighted by molar-refractivity contribution is 7.92. The van der Waals surface area contributed by atoms with Crippen molar-refractivity contribution < 1.29 is 13.5 Å². The second-order valence-electron chi connectivity index (χ2n) is 2.71. The molecule has 1 unspecified atom stereocenters. The van der Waals surface area contributed by atoms with E-state index in [2.05, 4.69) is 4.98 Å². The molecule has 6 heteroatoms. The van der Waals surface area contributed by atoms with Gasteiger partial charge in [-0.3, -0.25) is 0 Å². The average molecular weight is 188 g/mol. The summed E-state index contributed by atoms with van der Waals surface area (Å²) >= 11 is 0. The van der Waals surface area contributed by atoms with E-state index in [1.807, 2.05) is 0 Å². The molecule has 2 heterocycles. The number of aliphatic hydroxyl groups is 1. The molecule has 1 aromatic rings. The van der Waals surface area contributed by atoms with Crippen LogP contribution in [-0.4, -0.2) is 34.9 Å². The average Bonchev–Trinajstić information content (AvgIpc) is 2.53. The lowest BCUT2D eigenvalue weighted by molar-refractivity contribution is 0.284. The molecular formula is C6H8N2O3S. The van der Waals surface area contributed by atoms with Crippen LogP contribution in [0.5, 0.6) is 0 Å². The molecule has 1 aromatic heterocycles. The maximum Gasteiger partial charge on any atom is 0.228 e. The molecule has 1 atom stereocenters. The van der Waals surface area contributed by atoms with Crippen LogP contribution in [-0.2, 0) is 16.4 Å². The molecule has 66 valence electrons.